The normalized spacial score (nSPS) is 16.6. The Balaban J connectivity index is 0.966. The maximum Gasteiger partial charge on any atom is 0.252 e. The van der Waals surface area contributed by atoms with Crippen LogP contribution in [0.2, 0.25) is 0 Å². The number of furan rings is 2. The quantitative estimate of drug-likeness (QED) is 0.118. The molecule has 0 saturated heterocycles. The molecule has 5 aromatic heterocycles. The Morgan fingerprint density at radius 1 is 0.426 bits per heavy atom. The summed E-state index contributed by atoms with van der Waals surface area (Å²) in [5, 5.41) is 6.12. The number of hydrogen-bond acceptors (Lipinski definition) is 5. The molecule has 0 unspecified atom stereocenters. The van der Waals surface area contributed by atoms with Crippen molar-refractivity contribution in [2.75, 3.05) is 9.80 Å². The molecular weight excluding hydrogens is 1230 g/mol. The second-order valence-electron chi connectivity index (χ2n) is 29.0. The standard InChI is InChI=1S/C93H70BN5O2/c1-92(2,3)60-38-44-78(71(52-60)57-24-11-9-12-25-57)98-80-54-62(96-75-34-16-8-7-15-28-65(75)66-29-17-20-35-76(66)96)40-42-73(80)94-74-43-41-63(97-77-36-21-18-30-67(77)68-48-49-95-56-84(68)97)55-81(74)99(79-45-39-61(93(4,5)6)53-72(79)58-26-13-10-14-27-58)83-51-59(50-82(98)90(83)94)64-32-23-33-70-89-87(101-91(64)70)47-46-86-88(89)69-31-19-22-37-85(69)100-86/h8-33,35-56H,7,34H2,1-6H3/b16-8-,28-15-/i8D,15D,16D,17D,20D,28D,29D,35D. The van der Waals surface area contributed by atoms with Crippen LogP contribution in [0.4, 0.5) is 34.1 Å². The van der Waals surface area contributed by atoms with Crippen molar-refractivity contribution in [3.8, 4) is 44.8 Å². The zero-order chi connectivity index (χ0) is 74.5. The maximum absolute atomic E-state index is 9.90. The van der Waals surface area contributed by atoms with Crippen LogP contribution in [0.25, 0.3) is 127 Å². The van der Waals surface area contributed by atoms with Crippen molar-refractivity contribution in [3.63, 3.8) is 0 Å². The minimum absolute atomic E-state index is 0.0804. The van der Waals surface area contributed by atoms with Crippen LogP contribution in [0.1, 0.15) is 81.3 Å². The Morgan fingerprint density at radius 2 is 1.02 bits per heavy atom. The first-order chi connectivity index (χ1) is 52.7. The number of aromatic nitrogens is 3. The Hall–Kier alpha value is -12.1. The third-order valence-electron chi connectivity index (χ3n) is 21.2. The fourth-order valence-corrected chi connectivity index (χ4v) is 16.5. The van der Waals surface area contributed by atoms with Gasteiger partial charge in [-0.05, 0) is 158 Å². The Labute approximate surface area is 598 Å². The van der Waals surface area contributed by atoms with Gasteiger partial charge in [-0.3, -0.25) is 4.98 Å². The van der Waals surface area contributed by atoms with E-state index in [1.807, 2.05) is 54.9 Å². The van der Waals surface area contributed by atoms with Crippen LogP contribution >= 0.6 is 0 Å². The minimum atomic E-state index is -0.506. The molecule has 3 aliphatic rings. The maximum atomic E-state index is 9.90. The molecule has 7 heterocycles. The van der Waals surface area contributed by atoms with Gasteiger partial charge in [-0.1, -0.05) is 223 Å². The molecule has 2 aliphatic heterocycles. The molecule has 482 valence electrons. The van der Waals surface area contributed by atoms with Crippen LogP contribution < -0.4 is 26.2 Å². The number of nitrogens with zero attached hydrogens (tertiary/aromatic N) is 5. The first kappa shape index (κ1) is 51.1. The van der Waals surface area contributed by atoms with Crippen LogP contribution in [-0.2, 0) is 17.3 Å². The molecule has 0 saturated carbocycles. The number of benzene rings is 12. The number of anilines is 6. The summed E-state index contributed by atoms with van der Waals surface area (Å²) in [6.07, 6.45) is 3.36. The number of fused-ring (bicyclic) bond motifs is 17. The van der Waals surface area contributed by atoms with Crippen molar-refractivity contribution < 1.29 is 19.8 Å². The van der Waals surface area contributed by atoms with E-state index in [9.17, 15) is 8.22 Å². The molecule has 17 aromatic rings. The summed E-state index contributed by atoms with van der Waals surface area (Å²) < 4.78 is 93.7. The molecule has 8 heteroatoms. The van der Waals surface area contributed by atoms with Gasteiger partial charge in [0.15, 0.2) is 0 Å². The highest BCUT2D eigenvalue weighted by molar-refractivity contribution is 7.00. The number of pyridine rings is 1. The van der Waals surface area contributed by atoms with Gasteiger partial charge in [0.05, 0.1) is 45.1 Å². The Bertz CT molecular complexity index is 6840. The zero-order valence-electron chi connectivity index (χ0n) is 64.6. The predicted octanol–water partition coefficient (Wildman–Crippen LogP) is 23.1. The van der Waals surface area contributed by atoms with Crippen molar-refractivity contribution in [1.29, 1.82) is 0 Å². The highest BCUT2D eigenvalue weighted by atomic mass is 16.3. The zero-order valence-corrected chi connectivity index (χ0v) is 56.6. The molecule has 0 fully saturated rings. The van der Waals surface area contributed by atoms with E-state index >= 15 is 0 Å². The van der Waals surface area contributed by atoms with Crippen LogP contribution in [0.5, 0.6) is 0 Å². The van der Waals surface area contributed by atoms with E-state index in [4.69, 9.17) is 16.6 Å². The molecule has 1 aliphatic carbocycles. The van der Waals surface area contributed by atoms with Crippen molar-refractivity contribution >= 4 is 140 Å². The number of rotatable bonds is 7. The predicted molar refractivity (Wildman–Crippen MR) is 424 cm³/mol. The van der Waals surface area contributed by atoms with Crippen LogP contribution in [0.15, 0.2) is 294 Å². The molecule has 0 amide bonds. The van der Waals surface area contributed by atoms with Crippen molar-refractivity contribution in [2.45, 2.75) is 65.2 Å². The second kappa shape index (κ2) is 22.2. The SMILES string of the molecule is [2H]/C1=C(\[2H])Cc2c(c3c([2H])c([2H])c([2H])c([2H])c3n2-c2ccc3c(c2)N(c2ccc(C(C)(C)C)cc2-c2ccccc2)c2cc(-c4cccc5c4oc4ccc6oc7ccccc7c6c45)cc4c2B3c2ccc(-n3c5ccccc5c5ccncc53)cc2N4c2ccc(C(C)(C)C)cc2-c2ccccc2)/C([2H])=C(/[2H])C1. The van der Waals surface area contributed by atoms with E-state index in [2.05, 4.69) is 244 Å². The van der Waals surface area contributed by atoms with Gasteiger partial charge in [-0.25, -0.2) is 0 Å². The van der Waals surface area contributed by atoms with Crippen molar-refractivity contribution in [3.05, 3.63) is 308 Å². The highest BCUT2D eigenvalue weighted by Gasteiger charge is 2.45. The first-order valence-corrected chi connectivity index (χ1v) is 34.7. The van der Waals surface area contributed by atoms with Gasteiger partial charge in [0.1, 0.15) is 22.3 Å². The Kier molecular flexibility index (Phi) is 11.2. The molecule has 0 spiro atoms. The monoisotopic (exact) mass is 1310 g/mol. The second-order valence-corrected chi connectivity index (χ2v) is 29.0. The lowest BCUT2D eigenvalue weighted by atomic mass is 9.33. The van der Waals surface area contributed by atoms with Gasteiger partial charge >= 0.3 is 0 Å². The molecular formula is C93H70BN5O2. The lowest BCUT2D eigenvalue weighted by Gasteiger charge is -2.45. The summed E-state index contributed by atoms with van der Waals surface area (Å²) in [5.41, 5.74) is 22.8. The van der Waals surface area contributed by atoms with Gasteiger partial charge in [0, 0.05) is 112 Å². The van der Waals surface area contributed by atoms with Gasteiger partial charge in [0.2, 0.25) is 0 Å². The lowest BCUT2D eigenvalue weighted by molar-refractivity contribution is 0.590. The summed E-state index contributed by atoms with van der Waals surface area (Å²) in [6.45, 7) is 13.0. The van der Waals surface area contributed by atoms with E-state index in [1.54, 1.807) is 4.57 Å². The van der Waals surface area contributed by atoms with Crippen LogP contribution in [0.3, 0.4) is 0 Å². The summed E-state index contributed by atoms with van der Waals surface area (Å²) >= 11 is 0. The fraction of sp³-hybridized carbons (Fsp3) is 0.108. The van der Waals surface area contributed by atoms with Crippen LogP contribution in [-0.4, -0.2) is 20.8 Å². The van der Waals surface area contributed by atoms with Gasteiger partial charge < -0.3 is 27.8 Å². The number of allylic oxidation sites excluding steroid dienone is 3. The molecule has 7 nitrogen and oxygen atoms in total. The van der Waals surface area contributed by atoms with E-state index in [0.717, 1.165) is 155 Å². The Morgan fingerprint density at radius 3 is 1.70 bits per heavy atom. The topological polar surface area (TPSA) is 55.5 Å². The van der Waals surface area contributed by atoms with E-state index in [1.165, 1.54) is 5.56 Å². The average Bonchev–Trinajstić information content (AvgIpc) is 1.13. The third kappa shape index (κ3) is 9.03. The molecule has 0 bridgehead atoms. The summed E-state index contributed by atoms with van der Waals surface area (Å²) in [6, 6.07) is 79.9. The summed E-state index contributed by atoms with van der Waals surface area (Å²) in [7, 11) is 0. The number of para-hydroxylation sites is 4. The molecule has 0 radical (unpaired) electrons. The molecule has 0 N–H and O–H groups in total. The average molecular weight is 1310 g/mol. The van der Waals surface area contributed by atoms with Gasteiger partial charge in [-0.2, -0.15) is 0 Å². The lowest BCUT2D eigenvalue weighted by Crippen LogP contribution is -2.61. The highest BCUT2D eigenvalue weighted by Crippen LogP contribution is 2.53. The fourth-order valence-electron chi connectivity index (χ4n) is 16.5. The van der Waals surface area contributed by atoms with E-state index < -0.39 is 18.8 Å². The summed E-state index contributed by atoms with van der Waals surface area (Å²) in [4.78, 5) is 9.67. The van der Waals surface area contributed by atoms with Gasteiger partial charge in [0.25, 0.3) is 6.71 Å². The van der Waals surface area contributed by atoms with Gasteiger partial charge in [-0.15, -0.1) is 0 Å². The molecule has 20 rings (SSSR count). The van der Waals surface area contributed by atoms with Crippen LogP contribution in [0, 0.1) is 0 Å². The van der Waals surface area contributed by atoms with E-state index in [0.29, 0.717) is 17.0 Å². The molecule has 0 atom stereocenters. The minimum Gasteiger partial charge on any atom is -0.456 e. The largest absolute Gasteiger partial charge is 0.456 e. The first-order valence-electron chi connectivity index (χ1n) is 38.7. The van der Waals surface area contributed by atoms with E-state index in [-0.39, 0.29) is 76.4 Å². The smallest absolute Gasteiger partial charge is 0.252 e. The van der Waals surface area contributed by atoms with Crippen molar-refractivity contribution in [1.82, 2.24) is 14.1 Å². The summed E-state index contributed by atoms with van der Waals surface area (Å²) in [5.74, 6) is 0. The third-order valence-corrected chi connectivity index (χ3v) is 21.2. The molecule has 12 aromatic carbocycles. The van der Waals surface area contributed by atoms with Crippen molar-refractivity contribution in [2.24, 2.45) is 0 Å². The number of hydrogen-bond donors (Lipinski definition) is 0. The molecule has 101 heavy (non-hydrogen) atoms.